The van der Waals surface area contributed by atoms with Gasteiger partial charge in [0.1, 0.15) is 0 Å². The molecule has 0 saturated carbocycles. The lowest BCUT2D eigenvalue weighted by atomic mass is 10.2. The number of cyclic esters (lactones) is 1. The number of carbonyl (C=O) groups excluding carboxylic acids is 2. The molecule has 0 aliphatic carbocycles. The van der Waals surface area contributed by atoms with E-state index in [4.69, 9.17) is 18.9 Å². The number of hydrogen-bond donors (Lipinski definition) is 0. The van der Waals surface area contributed by atoms with Gasteiger partial charge in [0, 0.05) is 12.5 Å². The quantitative estimate of drug-likeness (QED) is 0.351. The van der Waals surface area contributed by atoms with E-state index in [-0.39, 0.29) is 18.4 Å². The molecular formula is C19H11Br2NO6. The summed E-state index contributed by atoms with van der Waals surface area (Å²) in [5.41, 5.74) is 1.41. The van der Waals surface area contributed by atoms with E-state index in [0.717, 1.165) is 0 Å². The molecule has 0 fully saturated rings. The molecule has 142 valence electrons. The molecule has 0 amide bonds. The highest BCUT2D eigenvalue weighted by atomic mass is 79.9. The topological polar surface area (TPSA) is 83.4 Å². The number of nitrogens with zero attached hydrogens (tertiary/aromatic N) is 1. The molecular weight excluding hydrogens is 498 g/mol. The Labute approximate surface area is 176 Å². The van der Waals surface area contributed by atoms with E-state index in [1.54, 1.807) is 36.4 Å². The van der Waals surface area contributed by atoms with Crippen molar-refractivity contribution in [3.8, 4) is 17.2 Å². The first-order chi connectivity index (χ1) is 13.4. The maximum absolute atomic E-state index is 12.2. The second-order valence-corrected chi connectivity index (χ2v) is 7.52. The Morgan fingerprint density at radius 2 is 1.86 bits per heavy atom. The van der Waals surface area contributed by atoms with Gasteiger partial charge in [0.15, 0.2) is 22.9 Å². The minimum atomic E-state index is -0.566. The number of aliphatic imine (C=N–C) groups is 1. The molecule has 2 aliphatic heterocycles. The zero-order valence-electron chi connectivity index (χ0n) is 14.3. The van der Waals surface area contributed by atoms with Crippen LogP contribution >= 0.6 is 31.9 Å². The molecule has 0 atom stereocenters. The van der Waals surface area contributed by atoms with Crippen LogP contribution in [0.5, 0.6) is 17.2 Å². The van der Waals surface area contributed by atoms with Crippen LogP contribution in [-0.4, -0.2) is 24.6 Å². The van der Waals surface area contributed by atoms with Crippen molar-refractivity contribution in [2.24, 2.45) is 4.99 Å². The maximum Gasteiger partial charge on any atom is 0.363 e. The lowest BCUT2D eigenvalue weighted by Crippen LogP contribution is -2.05. The van der Waals surface area contributed by atoms with Crippen LogP contribution < -0.4 is 14.2 Å². The van der Waals surface area contributed by atoms with Gasteiger partial charge in [0.05, 0.1) is 8.95 Å². The third kappa shape index (κ3) is 3.67. The van der Waals surface area contributed by atoms with Crippen molar-refractivity contribution in [3.05, 3.63) is 56.1 Å². The molecule has 9 heteroatoms. The second kappa shape index (κ2) is 7.40. The number of fused-ring (bicyclic) bond motifs is 1. The van der Waals surface area contributed by atoms with Gasteiger partial charge in [-0.3, -0.25) is 4.79 Å². The molecule has 0 unspecified atom stereocenters. The van der Waals surface area contributed by atoms with Crippen molar-refractivity contribution in [3.63, 3.8) is 0 Å². The Balaban J connectivity index is 1.65. The molecule has 0 bridgehead atoms. The van der Waals surface area contributed by atoms with E-state index in [1.807, 2.05) is 0 Å². The zero-order valence-corrected chi connectivity index (χ0v) is 17.5. The average molecular weight is 509 g/mol. The van der Waals surface area contributed by atoms with Gasteiger partial charge in [0.25, 0.3) is 0 Å². The number of benzene rings is 2. The summed E-state index contributed by atoms with van der Waals surface area (Å²) in [5, 5.41) is 0. The summed E-state index contributed by atoms with van der Waals surface area (Å²) in [7, 11) is 0. The molecule has 2 aliphatic rings. The second-order valence-electron chi connectivity index (χ2n) is 5.81. The summed E-state index contributed by atoms with van der Waals surface area (Å²) in [4.78, 5) is 27.7. The van der Waals surface area contributed by atoms with Gasteiger partial charge in [0.2, 0.25) is 12.7 Å². The Kier molecular flexibility index (Phi) is 4.94. The van der Waals surface area contributed by atoms with Crippen LogP contribution in [0.25, 0.3) is 6.08 Å². The van der Waals surface area contributed by atoms with Crippen molar-refractivity contribution in [1.29, 1.82) is 0 Å². The van der Waals surface area contributed by atoms with Gasteiger partial charge in [-0.1, -0.05) is 0 Å². The molecule has 0 spiro atoms. The largest absolute Gasteiger partial charge is 0.454 e. The van der Waals surface area contributed by atoms with Crippen LogP contribution in [0.3, 0.4) is 0 Å². The Morgan fingerprint density at radius 1 is 1.14 bits per heavy atom. The first-order valence-electron chi connectivity index (χ1n) is 8.01. The van der Waals surface area contributed by atoms with Crippen molar-refractivity contribution in [2.75, 3.05) is 6.79 Å². The third-order valence-corrected chi connectivity index (χ3v) is 4.99. The van der Waals surface area contributed by atoms with Gasteiger partial charge in [-0.25, -0.2) is 9.79 Å². The summed E-state index contributed by atoms with van der Waals surface area (Å²) in [5.74, 6) is 0.737. The van der Waals surface area contributed by atoms with E-state index in [1.165, 1.54) is 6.92 Å². The van der Waals surface area contributed by atoms with Crippen LogP contribution in [0.2, 0.25) is 0 Å². The van der Waals surface area contributed by atoms with Crippen LogP contribution in [0, 0.1) is 0 Å². The fourth-order valence-electron chi connectivity index (χ4n) is 2.62. The van der Waals surface area contributed by atoms with Crippen LogP contribution in [0.4, 0.5) is 0 Å². The SMILES string of the molecule is CC(=O)Oc1c(Br)cc(/C=C2\N=C(c3ccc4c(c3)OCO4)OC2=O)cc1Br. The molecule has 0 radical (unpaired) electrons. The smallest absolute Gasteiger partial charge is 0.363 e. The lowest BCUT2D eigenvalue weighted by molar-refractivity contribution is -0.132. The Bertz CT molecular complexity index is 1050. The molecule has 2 aromatic rings. The molecule has 2 aromatic carbocycles. The average Bonchev–Trinajstić information content (AvgIpc) is 3.24. The number of rotatable bonds is 3. The minimum absolute atomic E-state index is 0.145. The predicted molar refractivity (Wildman–Crippen MR) is 106 cm³/mol. The Hall–Kier alpha value is -2.65. The van der Waals surface area contributed by atoms with Crippen molar-refractivity contribution in [1.82, 2.24) is 0 Å². The fraction of sp³-hybridized carbons (Fsp3) is 0.105. The van der Waals surface area contributed by atoms with Crippen LogP contribution in [0.1, 0.15) is 18.1 Å². The summed E-state index contributed by atoms with van der Waals surface area (Å²) in [6.45, 7) is 1.47. The lowest BCUT2D eigenvalue weighted by Gasteiger charge is -2.08. The standard InChI is InChI=1S/C19H11Br2NO6/c1-9(23)27-17-12(20)4-10(5-13(17)21)6-14-19(24)28-18(22-14)11-2-3-15-16(7-11)26-8-25-15/h2-7H,8H2,1H3/b14-6-. The molecule has 7 nitrogen and oxygen atoms in total. The van der Waals surface area contributed by atoms with E-state index < -0.39 is 11.9 Å². The van der Waals surface area contributed by atoms with Gasteiger partial charge in [-0.05, 0) is 73.8 Å². The predicted octanol–water partition coefficient (Wildman–Crippen LogP) is 4.21. The van der Waals surface area contributed by atoms with E-state index in [2.05, 4.69) is 36.9 Å². The van der Waals surface area contributed by atoms with Crippen molar-refractivity contribution >= 4 is 55.8 Å². The van der Waals surface area contributed by atoms with Gasteiger partial charge < -0.3 is 18.9 Å². The molecule has 0 aromatic heterocycles. The van der Waals surface area contributed by atoms with Gasteiger partial charge >= 0.3 is 11.9 Å². The fourth-order valence-corrected chi connectivity index (χ4v) is 4.01. The van der Waals surface area contributed by atoms with E-state index >= 15 is 0 Å². The van der Waals surface area contributed by atoms with Crippen LogP contribution in [-0.2, 0) is 14.3 Å². The number of halogens is 2. The summed E-state index contributed by atoms with van der Waals surface area (Å²) < 4.78 is 22.1. The summed E-state index contributed by atoms with van der Waals surface area (Å²) in [6, 6.07) is 8.59. The highest BCUT2D eigenvalue weighted by Crippen LogP contribution is 2.36. The van der Waals surface area contributed by atoms with Gasteiger partial charge in [-0.15, -0.1) is 0 Å². The molecule has 0 N–H and O–H groups in total. The molecule has 0 saturated heterocycles. The number of hydrogen-bond acceptors (Lipinski definition) is 7. The highest BCUT2D eigenvalue weighted by Gasteiger charge is 2.26. The van der Waals surface area contributed by atoms with E-state index in [9.17, 15) is 9.59 Å². The highest BCUT2D eigenvalue weighted by molar-refractivity contribution is 9.11. The summed E-state index contributed by atoms with van der Waals surface area (Å²) >= 11 is 6.71. The van der Waals surface area contributed by atoms with Crippen molar-refractivity contribution in [2.45, 2.75) is 6.92 Å². The maximum atomic E-state index is 12.2. The molecule has 28 heavy (non-hydrogen) atoms. The zero-order chi connectivity index (χ0) is 19.8. The number of esters is 2. The summed E-state index contributed by atoms with van der Waals surface area (Å²) in [6.07, 6.45) is 1.58. The normalized spacial score (nSPS) is 16.2. The number of carbonyl (C=O) groups is 2. The van der Waals surface area contributed by atoms with Gasteiger partial charge in [-0.2, -0.15) is 0 Å². The minimum Gasteiger partial charge on any atom is -0.454 e. The molecule has 2 heterocycles. The Morgan fingerprint density at radius 3 is 2.57 bits per heavy atom. The third-order valence-electron chi connectivity index (χ3n) is 3.81. The molecule has 4 rings (SSSR count). The first kappa shape index (κ1) is 18.7. The van der Waals surface area contributed by atoms with E-state index in [0.29, 0.717) is 37.3 Å². The number of ether oxygens (including phenoxy) is 4. The van der Waals surface area contributed by atoms with Crippen LogP contribution in [0.15, 0.2) is 50.0 Å². The van der Waals surface area contributed by atoms with Crippen molar-refractivity contribution < 1.29 is 28.5 Å². The monoisotopic (exact) mass is 507 g/mol. The first-order valence-corrected chi connectivity index (χ1v) is 9.59.